The first-order chi connectivity index (χ1) is 10.2. The molecule has 0 saturated carbocycles. The first-order valence-electron chi connectivity index (χ1n) is 7.23. The summed E-state index contributed by atoms with van der Waals surface area (Å²) in [5.74, 6) is -0.859. The molecule has 0 unspecified atom stereocenters. The van der Waals surface area contributed by atoms with E-state index in [1.165, 1.54) is 0 Å². The topological polar surface area (TPSA) is 66.5 Å². The molecule has 7 heteroatoms. The van der Waals surface area contributed by atoms with Gasteiger partial charge in [-0.15, -0.1) is 0 Å². The second kappa shape index (κ2) is 6.87. The predicted octanol–water partition coefficient (Wildman–Crippen LogP) is 1.72. The minimum atomic E-state index is -3.15. The van der Waals surface area contributed by atoms with E-state index < -0.39 is 15.8 Å². The fraction of sp³-hybridized carbons (Fsp3) is 0.533. The quantitative estimate of drug-likeness (QED) is 0.883. The average molecular weight is 345 g/mol. The van der Waals surface area contributed by atoms with Crippen molar-refractivity contribution in [3.8, 4) is 0 Å². The van der Waals surface area contributed by atoms with E-state index in [2.05, 4.69) is 10.2 Å². The van der Waals surface area contributed by atoms with Crippen molar-refractivity contribution in [3.63, 3.8) is 0 Å². The van der Waals surface area contributed by atoms with E-state index in [-0.39, 0.29) is 17.7 Å². The first-order valence-corrected chi connectivity index (χ1v) is 9.67. The van der Waals surface area contributed by atoms with Gasteiger partial charge in [0, 0.05) is 42.0 Å². The van der Waals surface area contributed by atoms with E-state index in [9.17, 15) is 13.2 Å². The van der Waals surface area contributed by atoms with Crippen LogP contribution in [0.5, 0.6) is 0 Å². The molecule has 1 N–H and O–H groups in total. The Bertz CT molecular complexity index is 648. The second-order valence-electron chi connectivity index (χ2n) is 5.91. The van der Waals surface area contributed by atoms with Crippen molar-refractivity contribution in [3.05, 3.63) is 29.3 Å². The van der Waals surface area contributed by atoms with Crippen LogP contribution in [0.3, 0.4) is 0 Å². The van der Waals surface area contributed by atoms with Crippen molar-refractivity contribution in [1.82, 2.24) is 5.32 Å². The summed E-state index contributed by atoms with van der Waals surface area (Å²) in [6.07, 6.45) is 1.98. The third kappa shape index (κ3) is 4.88. The van der Waals surface area contributed by atoms with Crippen LogP contribution in [0.4, 0.5) is 5.69 Å². The molecule has 2 atom stereocenters. The van der Waals surface area contributed by atoms with Gasteiger partial charge in [0.05, 0.1) is 5.75 Å². The largest absolute Gasteiger partial charge is 0.369 e. The molecule has 1 heterocycles. The van der Waals surface area contributed by atoms with Crippen LogP contribution in [0.25, 0.3) is 0 Å². The van der Waals surface area contributed by atoms with Crippen LogP contribution >= 0.6 is 11.6 Å². The highest BCUT2D eigenvalue weighted by Crippen LogP contribution is 2.23. The number of nitrogens with zero attached hydrogens (tertiary/aromatic N) is 1. The molecule has 1 fully saturated rings. The number of nitrogens with one attached hydrogen (secondary N) is 1. The molecule has 2 rings (SSSR count). The fourth-order valence-electron chi connectivity index (χ4n) is 2.66. The Balaban J connectivity index is 1.90. The molecule has 0 radical (unpaired) electrons. The number of carbonyl (C=O) groups excluding carboxylic acids is 1. The Morgan fingerprint density at radius 1 is 1.50 bits per heavy atom. The third-order valence-corrected chi connectivity index (χ3v) is 5.05. The lowest BCUT2D eigenvalue weighted by Crippen LogP contribution is -2.41. The van der Waals surface area contributed by atoms with Crippen molar-refractivity contribution in [2.45, 2.75) is 19.4 Å². The maximum atomic E-state index is 12.1. The number of sulfone groups is 1. The van der Waals surface area contributed by atoms with Crippen LogP contribution in [0.1, 0.15) is 13.3 Å². The third-order valence-electron chi connectivity index (χ3n) is 3.71. The monoisotopic (exact) mass is 344 g/mol. The van der Waals surface area contributed by atoms with Crippen LogP contribution in [0.2, 0.25) is 5.02 Å². The van der Waals surface area contributed by atoms with Crippen molar-refractivity contribution < 1.29 is 13.2 Å². The van der Waals surface area contributed by atoms with Gasteiger partial charge < -0.3 is 10.2 Å². The maximum absolute atomic E-state index is 12.1. The summed E-state index contributed by atoms with van der Waals surface area (Å²) in [4.78, 5) is 14.2. The van der Waals surface area contributed by atoms with Gasteiger partial charge in [-0.1, -0.05) is 24.6 Å². The van der Waals surface area contributed by atoms with E-state index in [4.69, 9.17) is 11.6 Å². The van der Waals surface area contributed by atoms with Crippen molar-refractivity contribution in [2.24, 2.45) is 5.92 Å². The minimum Gasteiger partial charge on any atom is -0.369 e. The zero-order chi connectivity index (χ0) is 16.3. The molecule has 0 bridgehead atoms. The van der Waals surface area contributed by atoms with Gasteiger partial charge >= 0.3 is 0 Å². The molecule has 1 aliphatic heterocycles. The molecule has 1 aromatic rings. The Morgan fingerprint density at radius 3 is 2.86 bits per heavy atom. The SMILES string of the molecule is C[C@@H](CS(C)(=O)=O)C(=O)N[C@@H]1CCN(c2cccc(Cl)c2)C1. The molecule has 0 spiro atoms. The van der Waals surface area contributed by atoms with Crippen LogP contribution in [0.15, 0.2) is 24.3 Å². The average Bonchev–Trinajstić information content (AvgIpc) is 2.85. The molecule has 1 aliphatic rings. The Morgan fingerprint density at radius 2 is 2.23 bits per heavy atom. The van der Waals surface area contributed by atoms with Crippen molar-refractivity contribution in [2.75, 3.05) is 30.0 Å². The van der Waals surface area contributed by atoms with Gasteiger partial charge in [0.1, 0.15) is 9.84 Å². The number of halogens is 1. The molecule has 5 nitrogen and oxygen atoms in total. The number of carbonyl (C=O) groups is 1. The van der Waals surface area contributed by atoms with E-state index in [0.29, 0.717) is 11.6 Å². The van der Waals surface area contributed by atoms with E-state index in [1.54, 1.807) is 6.92 Å². The summed E-state index contributed by atoms with van der Waals surface area (Å²) < 4.78 is 22.5. The zero-order valence-corrected chi connectivity index (χ0v) is 14.3. The molecule has 0 aromatic heterocycles. The predicted molar refractivity (Wildman–Crippen MR) is 89.1 cm³/mol. The van der Waals surface area contributed by atoms with E-state index >= 15 is 0 Å². The smallest absolute Gasteiger partial charge is 0.224 e. The van der Waals surface area contributed by atoms with Gasteiger partial charge in [-0.05, 0) is 24.6 Å². The van der Waals surface area contributed by atoms with E-state index in [1.807, 2.05) is 24.3 Å². The lowest BCUT2D eigenvalue weighted by Gasteiger charge is -2.20. The van der Waals surface area contributed by atoms with Crippen molar-refractivity contribution >= 4 is 33.0 Å². The highest BCUT2D eigenvalue weighted by atomic mass is 35.5. The number of anilines is 1. The van der Waals surface area contributed by atoms with Crippen LogP contribution in [-0.4, -0.2) is 45.5 Å². The Labute approximate surface area is 136 Å². The summed E-state index contributed by atoms with van der Waals surface area (Å²) in [7, 11) is -3.15. The molecule has 22 heavy (non-hydrogen) atoms. The minimum absolute atomic E-state index is 0.0356. The Hall–Kier alpha value is -1.27. The molecular weight excluding hydrogens is 324 g/mol. The van der Waals surface area contributed by atoms with Gasteiger partial charge in [-0.3, -0.25) is 4.79 Å². The second-order valence-corrected chi connectivity index (χ2v) is 8.53. The molecular formula is C15H21ClN2O3S. The van der Waals surface area contributed by atoms with Gasteiger partial charge in [-0.25, -0.2) is 8.42 Å². The van der Waals surface area contributed by atoms with Gasteiger partial charge in [0.25, 0.3) is 0 Å². The number of hydrogen-bond acceptors (Lipinski definition) is 4. The first kappa shape index (κ1) is 17.1. The molecule has 1 amide bonds. The Kier molecular flexibility index (Phi) is 5.34. The zero-order valence-electron chi connectivity index (χ0n) is 12.8. The van der Waals surface area contributed by atoms with E-state index in [0.717, 1.165) is 24.9 Å². The summed E-state index contributed by atoms with van der Waals surface area (Å²) >= 11 is 5.99. The van der Waals surface area contributed by atoms with Gasteiger partial charge in [0.15, 0.2) is 0 Å². The summed E-state index contributed by atoms with van der Waals surface area (Å²) in [5.41, 5.74) is 1.04. The number of benzene rings is 1. The lowest BCUT2D eigenvalue weighted by molar-refractivity contribution is -0.124. The highest BCUT2D eigenvalue weighted by molar-refractivity contribution is 7.90. The van der Waals surface area contributed by atoms with Crippen LogP contribution < -0.4 is 10.2 Å². The number of hydrogen-bond donors (Lipinski definition) is 1. The summed E-state index contributed by atoms with van der Waals surface area (Å²) in [6.45, 7) is 3.18. The number of rotatable bonds is 5. The summed E-state index contributed by atoms with van der Waals surface area (Å²) in [6, 6.07) is 7.65. The van der Waals surface area contributed by atoms with Gasteiger partial charge in [-0.2, -0.15) is 0 Å². The standard InChI is InChI=1S/C15H21ClN2O3S/c1-11(10-22(2,20)21)15(19)17-13-6-7-18(9-13)14-5-3-4-12(16)8-14/h3-5,8,11,13H,6-7,9-10H2,1-2H3,(H,17,19)/t11-,13+/m0/s1. The van der Waals surface area contributed by atoms with Crippen molar-refractivity contribution in [1.29, 1.82) is 0 Å². The highest BCUT2D eigenvalue weighted by Gasteiger charge is 2.26. The summed E-state index contributed by atoms with van der Waals surface area (Å²) in [5, 5.41) is 3.62. The fourth-order valence-corrected chi connectivity index (χ4v) is 3.90. The molecule has 122 valence electrons. The maximum Gasteiger partial charge on any atom is 0.224 e. The van der Waals surface area contributed by atoms with Crippen LogP contribution in [0, 0.1) is 5.92 Å². The van der Waals surface area contributed by atoms with Crippen LogP contribution in [-0.2, 0) is 14.6 Å². The normalized spacial score (nSPS) is 20.0. The molecule has 1 aromatic carbocycles. The number of amides is 1. The lowest BCUT2D eigenvalue weighted by atomic mass is 10.2. The molecule has 1 saturated heterocycles. The molecule has 0 aliphatic carbocycles. The van der Waals surface area contributed by atoms with Gasteiger partial charge in [0.2, 0.25) is 5.91 Å².